The lowest BCUT2D eigenvalue weighted by Gasteiger charge is -2.22. The van der Waals surface area contributed by atoms with Crippen molar-refractivity contribution in [2.45, 2.75) is 26.0 Å². The van der Waals surface area contributed by atoms with Crippen molar-refractivity contribution in [1.82, 2.24) is 5.32 Å². The lowest BCUT2D eigenvalue weighted by molar-refractivity contribution is -0.127. The zero-order valence-electron chi connectivity index (χ0n) is 14.1. The fraction of sp³-hybridized carbons (Fsp3) is 0.316. The van der Waals surface area contributed by atoms with Gasteiger partial charge < -0.3 is 19.5 Å². The van der Waals surface area contributed by atoms with E-state index in [1.807, 2.05) is 25.1 Å². The third kappa shape index (κ3) is 4.37. The van der Waals surface area contributed by atoms with Crippen LogP contribution < -0.4 is 19.5 Å². The Bertz CT molecular complexity index is 748. The van der Waals surface area contributed by atoms with Crippen molar-refractivity contribution in [3.05, 3.63) is 53.1 Å². The van der Waals surface area contributed by atoms with Crippen LogP contribution in [-0.2, 0) is 4.79 Å². The summed E-state index contributed by atoms with van der Waals surface area (Å²) >= 11 is 5.84. The SMILES string of the molecule is C[C@@H](Oc1ccc(Cl)cc1)C(=O)N[C@H](C)c1ccc2c(c1)OCCO2. The van der Waals surface area contributed by atoms with Gasteiger partial charge in [0.15, 0.2) is 17.6 Å². The van der Waals surface area contributed by atoms with Crippen LogP contribution in [0.5, 0.6) is 17.2 Å². The van der Waals surface area contributed by atoms with Gasteiger partial charge in [0.05, 0.1) is 6.04 Å². The van der Waals surface area contributed by atoms with Crippen molar-refractivity contribution in [2.75, 3.05) is 13.2 Å². The molecule has 3 rings (SSSR count). The number of ether oxygens (including phenoxy) is 3. The maximum Gasteiger partial charge on any atom is 0.261 e. The van der Waals surface area contributed by atoms with Gasteiger partial charge >= 0.3 is 0 Å². The molecule has 0 saturated heterocycles. The predicted molar refractivity (Wildman–Crippen MR) is 95.5 cm³/mol. The number of halogens is 1. The molecule has 6 heteroatoms. The van der Waals surface area contributed by atoms with E-state index in [4.69, 9.17) is 25.8 Å². The molecule has 2 aromatic rings. The average molecular weight is 362 g/mol. The molecular weight excluding hydrogens is 342 g/mol. The molecule has 0 aromatic heterocycles. The first-order valence-electron chi connectivity index (χ1n) is 8.15. The largest absolute Gasteiger partial charge is 0.486 e. The highest BCUT2D eigenvalue weighted by atomic mass is 35.5. The highest BCUT2D eigenvalue weighted by Gasteiger charge is 2.19. The third-order valence-corrected chi connectivity index (χ3v) is 4.17. The first-order chi connectivity index (χ1) is 12.0. The van der Waals surface area contributed by atoms with Crippen LogP contribution in [-0.4, -0.2) is 25.2 Å². The number of hydrogen-bond donors (Lipinski definition) is 1. The Kier molecular flexibility index (Phi) is 5.34. The second-order valence-electron chi connectivity index (χ2n) is 5.85. The fourth-order valence-corrected chi connectivity index (χ4v) is 2.64. The summed E-state index contributed by atoms with van der Waals surface area (Å²) in [6.07, 6.45) is -0.624. The van der Waals surface area contributed by atoms with Crippen molar-refractivity contribution in [1.29, 1.82) is 0 Å². The highest BCUT2D eigenvalue weighted by Crippen LogP contribution is 2.32. The summed E-state index contributed by atoms with van der Waals surface area (Å²) in [6, 6.07) is 12.4. The van der Waals surface area contributed by atoms with Gasteiger partial charge in [0.2, 0.25) is 0 Å². The number of amides is 1. The number of carbonyl (C=O) groups is 1. The minimum Gasteiger partial charge on any atom is -0.486 e. The van der Waals surface area contributed by atoms with Crippen LogP contribution in [0.3, 0.4) is 0 Å². The van der Waals surface area contributed by atoms with Gasteiger partial charge in [-0.25, -0.2) is 0 Å². The van der Waals surface area contributed by atoms with Gasteiger partial charge in [-0.15, -0.1) is 0 Å². The molecule has 1 aliphatic heterocycles. The fourth-order valence-electron chi connectivity index (χ4n) is 2.51. The van der Waals surface area contributed by atoms with Gasteiger partial charge in [0.25, 0.3) is 5.91 Å². The van der Waals surface area contributed by atoms with Crippen LogP contribution >= 0.6 is 11.6 Å². The Hall–Kier alpha value is -2.40. The zero-order chi connectivity index (χ0) is 17.8. The molecule has 1 heterocycles. The molecule has 0 radical (unpaired) electrons. The number of benzene rings is 2. The average Bonchev–Trinajstić information content (AvgIpc) is 2.63. The summed E-state index contributed by atoms with van der Waals surface area (Å²) in [4.78, 5) is 12.4. The van der Waals surface area contributed by atoms with Crippen LogP contribution in [0.25, 0.3) is 0 Å². The van der Waals surface area contributed by atoms with Crippen LogP contribution in [0.4, 0.5) is 0 Å². The molecular formula is C19H20ClNO4. The number of fused-ring (bicyclic) bond motifs is 1. The van der Waals surface area contributed by atoms with Crippen LogP contribution in [0, 0.1) is 0 Å². The standard InChI is InChI=1S/C19H20ClNO4/c1-12(14-3-8-17-18(11-14)24-10-9-23-17)21-19(22)13(2)25-16-6-4-15(20)5-7-16/h3-8,11-13H,9-10H2,1-2H3,(H,21,22)/t12-,13-/m1/s1. The van der Waals surface area contributed by atoms with Gasteiger partial charge in [-0.1, -0.05) is 17.7 Å². The quantitative estimate of drug-likeness (QED) is 0.881. The second-order valence-corrected chi connectivity index (χ2v) is 6.28. The second kappa shape index (κ2) is 7.66. The normalized spacial score (nSPS) is 15.2. The molecule has 1 N–H and O–H groups in total. The number of rotatable bonds is 5. The molecule has 25 heavy (non-hydrogen) atoms. The molecule has 132 valence electrons. The van der Waals surface area contributed by atoms with Gasteiger partial charge in [-0.2, -0.15) is 0 Å². The Morgan fingerprint density at radius 2 is 1.76 bits per heavy atom. The molecule has 0 fully saturated rings. The number of hydrogen-bond acceptors (Lipinski definition) is 4. The van der Waals surface area contributed by atoms with Gasteiger partial charge in [0.1, 0.15) is 19.0 Å². The van der Waals surface area contributed by atoms with Crippen LogP contribution in [0.2, 0.25) is 5.02 Å². The smallest absolute Gasteiger partial charge is 0.261 e. The minimum absolute atomic E-state index is 0.181. The number of nitrogens with one attached hydrogen (secondary N) is 1. The summed E-state index contributed by atoms with van der Waals surface area (Å²) in [5.41, 5.74) is 0.941. The monoisotopic (exact) mass is 361 g/mol. The Labute approximate surface area is 151 Å². The summed E-state index contributed by atoms with van der Waals surface area (Å²) in [5, 5.41) is 3.57. The van der Waals surface area contributed by atoms with Crippen LogP contribution in [0.15, 0.2) is 42.5 Å². The lowest BCUT2D eigenvalue weighted by Crippen LogP contribution is -2.37. The highest BCUT2D eigenvalue weighted by molar-refractivity contribution is 6.30. The summed E-state index contributed by atoms with van der Waals surface area (Å²) in [5.74, 6) is 1.83. The molecule has 1 amide bonds. The van der Waals surface area contributed by atoms with E-state index in [0.29, 0.717) is 29.7 Å². The first kappa shape index (κ1) is 17.4. The van der Waals surface area contributed by atoms with E-state index in [-0.39, 0.29) is 11.9 Å². The van der Waals surface area contributed by atoms with E-state index >= 15 is 0 Å². The summed E-state index contributed by atoms with van der Waals surface area (Å²) < 4.78 is 16.7. The zero-order valence-corrected chi connectivity index (χ0v) is 14.9. The van der Waals surface area contributed by atoms with Crippen molar-refractivity contribution in [3.8, 4) is 17.2 Å². The molecule has 0 unspecified atom stereocenters. The van der Waals surface area contributed by atoms with E-state index in [1.165, 1.54) is 0 Å². The van der Waals surface area contributed by atoms with E-state index in [9.17, 15) is 4.79 Å². The maximum absolute atomic E-state index is 12.4. The molecule has 0 aliphatic carbocycles. The molecule has 1 aliphatic rings. The van der Waals surface area contributed by atoms with Crippen molar-refractivity contribution >= 4 is 17.5 Å². The molecule has 0 spiro atoms. The van der Waals surface area contributed by atoms with E-state index < -0.39 is 6.10 Å². The minimum atomic E-state index is -0.624. The Morgan fingerprint density at radius 3 is 2.48 bits per heavy atom. The first-order valence-corrected chi connectivity index (χ1v) is 8.53. The van der Waals surface area contributed by atoms with Crippen molar-refractivity contribution < 1.29 is 19.0 Å². The predicted octanol–water partition coefficient (Wildman–Crippen LogP) is 3.76. The van der Waals surface area contributed by atoms with Crippen molar-refractivity contribution in [2.24, 2.45) is 0 Å². The van der Waals surface area contributed by atoms with E-state index in [1.54, 1.807) is 31.2 Å². The molecule has 2 atom stereocenters. The Morgan fingerprint density at radius 1 is 1.08 bits per heavy atom. The maximum atomic E-state index is 12.4. The molecule has 0 saturated carbocycles. The molecule has 0 bridgehead atoms. The topological polar surface area (TPSA) is 56.8 Å². The molecule has 5 nitrogen and oxygen atoms in total. The van der Waals surface area contributed by atoms with Gasteiger partial charge in [-0.3, -0.25) is 4.79 Å². The summed E-state index contributed by atoms with van der Waals surface area (Å²) in [6.45, 7) is 4.71. The Balaban J connectivity index is 1.60. The third-order valence-electron chi connectivity index (χ3n) is 3.92. The van der Waals surface area contributed by atoms with Gasteiger partial charge in [0, 0.05) is 5.02 Å². The molecule has 2 aromatic carbocycles. The van der Waals surface area contributed by atoms with Crippen LogP contribution in [0.1, 0.15) is 25.5 Å². The lowest BCUT2D eigenvalue weighted by atomic mass is 10.1. The van der Waals surface area contributed by atoms with Gasteiger partial charge in [-0.05, 0) is 55.8 Å². The number of carbonyl (C=O) groups excluding carboxylic acids is 1. The van der Waals surface area contributed by atoms with Crippen molar-refractivity contribution in [3.63, 3.8) is 0 Å². The van der Waals surface area contributed by atoms with E-state index in [2.05, 4.69) is 5.32 Å². The summed E-state index contributed by atoms with van der Waals surface area (Å²) in [7, 11) is 0. The van der Waals surface area contributed by atoms with E-state index in [0.717, 1.165) is 11.3 Å².